The largest absolute Gasteiger partial charge is 0.265 e. The smallest absolute Gasteiger partial charge is 0.135 e. The highest BCUT2D eigenvalue weighted by molar-refractivity contribution is 9.10. The summed E-state index contributed by atoms with van der Waals surface area (Å²) in [5, 5.41) is 10.1. The number of aromatic nitrogens is 2. The van der Waals surface area contributed by atoms with Crippen LogP contribution in [0.1, 0.15) is 10.6 Å². The second kappa shape index (κ2) is 5.53. The molecule has 0 aliphatic carbocycles. The van der Waals surface area contributed by atoms with Crippen LogP contribution >= 0.6 is 27.3 Å². The lowest BCUT2D eigenvalue weighted by Gasteiger charge is -1.93. The maximum Gasteiger partial charge on any atom is 0.135 e. The number of nitrogens with zero attached hydrogens (tertiary/aromatic N) is 3. The van der Waals surface area contributed by atoms with Gasteiger partial charge >= 0.3 is 0 Å². The van der Waals surface area contributed by atoms with Crippen molar-refractivity contribution < 1.29 is 0 Å². The lowest BCUT2D eigenvalue weighted by Crippen LogP contribution is -1.80. The maximum atomic E-state index is 9.34. The molecule has 0 saturated heterocycles. The monoisotopic (exact) mass is 341 g/mol. The minimum absolute atomic E-state index is 0.563. The van der Waals surface area contributed by atoms with Gasteiger partial charge in [0.15, 0.2) is 0 Å². The van der Waals surface area contributed by atoms with E-state index >= 15 is 0 Å². The van der Waals surface area contributed by atoms with Gasteiger partial charge in [-0.15, -0.1) is 11.3 Å². The van der Waals surface area contributed by atoms with Crippen molar-refractivity contribution in [1.29, 1.82) is 5.26 Å². The van der Waals surface area contributed by atoms with E-state index in [1.807, 2.05) is 36.4 Å². The Morgan fingerprint density at radius 2 is 2.05 bits per heavy atom. The highest BCUT2D eigenvalue weighted by Crippen LogP contribution is 2.29. The maximum absolute atomic E-state index is 9.34. The molecule has 3 nitrogen and oxygen atoms in total. The molecule has 0 spiro atoms. The van der Waals surface area contributed by atoms with Gasteiger partial charge in [0, 0.05) is 16.9 Å². The Kier molecular flexibility index (Phi) is 3.59. The van der Waals surface area contributed by atoms with E-state index in [1.165, 1.54) is 11.3 Å². The third-order valence-corrected chi connectivity index (χ3v) is 4.28. The predicted octanol–water partition coefficient (Wildman–Crippen LogP) is 4.52. The first kappa shape index (κ1) is 13.0. The number of halogens is 1. The molecule has 0 N–H and O–H groups in total. The average molecular weight is 342 g/mol. The summed E-state index contributed by atoms with van der Waals surface area (Å²) >= 11 is 4.95. The fourth-order valence-electron chi connectivity index (χ4n) is 1.78. The minimum atomic E-state index is 0.563. The third kappa shape index (κ3) is 2.62. The number of benzene rings is 1. The van der Waals surface area contributed by atoms with Gasteiger partial charge in [-0.05, 0) is 42.0 Å². The molecule has 0 amide bonds. The van der Waals surface area contributed by atoms with E-state index in [2.05, 4.69) is 32.0 Å². The first-order valence-corrected chi connectivity index (χ1v) is 7.45. The highest BCUT2D eigenvalue weighted by atomic mass is 79.9. The summed E-state index contributed by atoms with van der Waals surface area (Å²) in [5.74, 6) is 0. The van der Waals surface area contributed by atoms with Crippen molar-refractivity contribution in [1.82, 2.24) is 9.97 Å². The molecule has 0 fully saturated rings. The molecular weight excluding hydrogens is 334 g/mol. The Morgan fingerprint density at radius 1 is 1.25 bits per heavy atom. The molecule has 96 valence electrons. The van der Waals surface area contributed by atoms with Gasteiger partial charge in [0.05, 0.1) is 15.8 Å². The van der Waals surface area contributed by atoms with Gasteiger partial charge in [-0.2, -0.15) is 5.26 Å². The summed E-state index contributed by atoms with van der Waals surface area (Å²) in [6.45, 7) is 0. The Bertz CT molecular complexity index is 831. The molecule has 0 bridgehead atoms. The third-order valence-electron chi connectivity index (χ3n) is 2.72. The standard InChI is InChI=1S/C15H8BrN3S/c16-12-1-2-14-13(8-12)19-15(20-14)11(9-17)7-10-3-5-18-6-4-10/h1-8H/b11-7+. The molecule has 0 aliphatic heterocycles. The van der Waals surface area contributed by atoms with E-state index in [0.29, 0.717) is 5.57 Å². The number of thiazole rings is 1. The van der Waals surface area contributed by atoms with E-state index in [4.69, 9.17) is 0 Å². The number of fused-ring (bicyclic) bond motifs is 1. The van der Waals surface area contributed by atoms with Crippen LogP contribution in [0.3, 0.4) is 0 Å². The number of rotatable bonds is 2. The van der Waals surface area contributed by atoms with Crippen LogP contribution < -0.4 is 0 Å². The van der Waals surface area contributed by atoms with Gasteiger partial charge in [0.2, 0.25) is 0 Å². The Hall–Kier alpha value is -2.03. The fourth-order valence-corrected chi connectivity index (χ4v) is 3.04. The highest BCUT2D eigenvalue weighted by Gasteiger charge is 2.09. The lowest BCUT2D eigenvalue weighted by molar-refractivity contribution is 1.32. The normalized spacial score (nSPS) is 11.5. The number of nitriles is 1. The van der Waals surface area contributed by atoms with Crippen molar-refractivity contribution in [3.05, 3.63) is 57.8 Å². The van der Waals surface area contributed by atoms with Crippen LogP contribution in [0.2, 0.25) is 0 Å². The van der Waals surface area contributed by atoms with E-state index in [-0.39, 0.29) is 0 Å². The lowest BCUT2D eigenvalue weighted by atomic mass is 10.2. The van der Waals surface area contributed by atoms with Gasteiger partial charge < -0.3 is 0 Å². The molecular formula is C15H8BrN3S. The Balaban J connectivity index is 2.08. The zero-order chi connectivity index (χ0) is 13.9. The molecule has 0 saturated carbocycles. The van der Waals surface area contributed by atoms with Crippen LogP contribution in [0, 0.1) is 11.3 Å². The van der Waals surface area contributed by atoms with E-state index in [9.17, 15) is 5.26 Å². The van der Waals surface area contributed by atoms with E-state index in [1.54, 1.807) is 12.4 Å². The summed E-state index contributed by atoms with van der Waals surface area (Å²) < 4.78 is 2.05. The van der Waals surface area contributed by atoms with E-state index in [0.717, 1.165) is 25.3 Å². The van der Waals surface area contributed by atoms with Crippen LogP contribution in [0.15, 0.2) is 47.2 Å². The minimum Gasteiger partial charge on any atom is -0.265 e. The number of allylic oxidation sites excluding steroid dienone is 1. The summed E-state index contributed by atoms with van der Waals surface area (Å²) in [4.78, 5) is 8.49. The SMILES string of the molecule is N#C/C(=C\c1ccncc1)c1nc2cc(Br)ccc2s1. The molecule has 0 aliphatic rings. The number of hydrogen-bond acceptors (Lipinski definition) is 4. The fraction of sp³-hybridized carbons (Fsp3) is 0. The first-order chi connectivity index (χ1) is 9.76. The van der Waals surface area contributed by atoms with Crippen molar-refractivity contribution in [2.75, 3.05) is 0 Å². The van der Waals surface area contributed by atoms with Crippen molar-refractivity contribution in [3.63, 3.8) is 0 Å². The van der Waals surface area contributed by atoms with Crippen LogP contribution in [0.5, 0.6) is 0 Å². The van der Waals surface area contributed by atoms with Crippen LogP contribution in [0.25, 0.3) is 21.9 Å². The zero-order valence-corrected chi connectivity index (χ0v) is 12.6. The number of hydrogen-bond donors (Lipinski definition) is 0. The molecule has 0 unspecified atom stereocenters. The van der Waals surface area contributed by atoms with Crippen molar-refractivity contribution in [3.8, 4) is 6.07 Å². The van der Waals surface area contributed by atoms with Crippen LogP contribution in [0.4, 0.5) is 0 Å². The Morgan fingerprint density at radius 3 is 2.80 bits per heavy atom. The van der Waals surface area contributed by atoms with Crippen molar-refractivity contribution in [2.24, 2.45) is 0 Å². The molecule has 20 heavy (non-hydrogen) atoms. The molecule has 2 aromatic heterocycles. The molecule has 3 aromatic rings. The predicted molar refractivity (Wildman–Crippen MR) is 85.0 cm³/mol. The average Bonchev–Trinajstić information content (AvgIpc) is 2.88. The quantitative estimate of drug-likeness (QED) is 0.644. The van der Waals surface area contributed by atoms with E-state index < -0.39 is 0 Å². The molecule has 0 radical (unpaired) electrons. The van der Waals surface area contributed by atoms with Gasteiger partial charge in [-0.1, -0.05) is 15.9 Å². The van der Waals surface area contributed by atoms with Gasteiger partial charge in [0.1, 0.15) is 11.1 Å². The van der Waals surface area contributed by atoms with Crippen LogP contribution in [-0.2, 0) is 0 Å². The number of pyridine rings is 1. The van der Waals surface area contributed by atoms with Crippen LogP contribution in [-0.4, -0.2) is 9.97 Å². The molecule has 3 rings (SSSR count). The first-order valence-electron chi connectivity index (χ1n) is 5.84. The zero-order valence-electron chi connectivity index (χ0n) is 10.2. The van der Waals surface area contributed by atoms with Crippen molar-refractivity contribution >= 4 is 49.1 Å². The molecule has 2 heterocycles. The topological polar surface area (TPSA) is 49.6 Å². The molecule has 5 heteroatoms. The second-order valence-corrected chi connectivity index (χ2v) is 6.03. The molecule has 1 aromatic carbocycles. The molecule has 0 atom stereocenters. The van der Waals surface area contributed by atoms with Gasteiger partial charge in [-0.25, -0.2) is 4.98 Å². The Labute approximate surface area is 128 Å². The van der Waals surface area contributed by atoms with Gasteiger partial charge in [0.25, 0.3) is 0 Å². The van der Waals surface area contributed by atoms with Gasteiger partial charge in [-0.3, -0.25) is 4.98 Å². The summed E-state index contributed by atoms with van der Waals surface area (Å²) in [7, 11) is 0. The van der Waals surface area contributed by atoms with Crippen molar-refractivity contribution in [2.45, 2.75) is 0 Å². The summed E-state index contributed by atoms with van der Waals surface area (Å²) in [6, 6.07) is 11.9. The summed E-state index contributed by atoms with van der Waals surface area (Å²) in [5.41, 5.74) is 2.40. The second-order valence-electron chi connectivity index (χ2n) is 4.08. The summed E-state index contributed by atoms with van der Waals surface area (Å²) in [6.07, 6.45) is 5.24.